The van der Waals surface area contributed by atoms with Crippen molar-refractivity contribution in [2.75, 3.05) is 25.1 Å². The van der Waals surface area contributed by atoms with Gasteiger partial charge in [-0.25, -0.2) is 0 Å². The first-order valence-electron chi connectivity index (χ1n) is 8.83. The van der Waals surface area contributed by atoms with Gasteiger partial charge in [0.05, 0.1) is 5.92 Å². The number of amides is 2. The Hall–Kier alpha value is -1.88. The minimum atomic E-state index is -0.263. The predicted octanol–water partition coefficient (Wildman–Crippen LogP) is 2.78. The van der Waals surface area contributed by atoms with E-state index in [1.807, 2.05) is 29.2 Å². The van der Waals surface area contributed by atoms with Crippen molar-refractivity contribution >= 4 is 17.5 Å². The minimum Gasteiger partial charge on any atom is -0.381 e. The van der Waals surface area contributed by atoms with Gasteiger partial charge in [0.25, 0.3) is 0 Å². The highest BCUT2D eigenvalue weighted by Gasteiger charge is 2.38. The Morgan fingerprint density at radius 1 is 1.25 bits per heavy atom. The maximum Gasteiger partial charge on any atom is 0.229 e. The number of nitrogens with one attached hydrogen (secondary N) is 1. The molecule has 1 aromatic carbocycles. The van der Waals surface area contributed by atoms with Crippen LogP contribution in [0, 0.1) is 5.92 Å². The van der Waals surface area contributed by atoms with Crippen molar-refractivity contribution in [3.8, 4) is 0 Å². The molecule has 2 fully saturated rings. The normalized spacial score (nSPS) is 22.2. The first-order chi connectivity index (χ1) is 11.6. The van der Waals surface area contributed by atoms with E-state index in [1.54, 1.807) is 0 Å². The van der Waals surface area contributed by atoms with E-state index in [-0.39, 0.29) is 23.8 Å². The highest BCUT2D eigenvalue weighted by atomic mass is 16.5. The van der Waals surface area contributed by atoms with Crippen LogP contribution in [0.25, 0.3) is 0 Å². The fourth-order valence-electron chi connectivity index (χ4n) is 3.61. The van der Waals surface area contributed by atoms with Gasteiger partial charge in [-0.2, -0.15) is 0 Å². The highest BCUT2D eigenvalue weighted by Crippen LogP contribution is 2.28. The topological polar surface area (TPSA) is 58.6 Å². The second-order valence-electron chi connectivity index (χ2n) is 7.02. The van der Waals surface area contributed by atoms with Crippen molar-refractivity contribution in [2.45, 2.75) is 45.1 Å². The van der Waals surface area contributed by atoms with Gasteiger partial charge in [-0.1, -0.05) is 32.0 Å². The summed E-state index contributed by atoms with van der Waals surface area (Å²) in [6, 6.07) is 8.10. The lowest BCUT2D eigenvalue weighted by molar-refractivity contribution is -0.131. The zero-order valence-corrected chi connectivity index (χ0v) is 14.5. The number of para-hydroxylation sites is 1. The molecule has 5 nitrogen and oxygen atoms in total. The lowest BCUT2D eigenvalue weighted by Gasteiger charge is -2.31. The van der Waals surface area contributed by atoms with Gasteiger partial charge in [-0.3, -0.25) is 9.59 Å². The maximum absolute atomic E-state index is 12.6. The van der Waals surface area contributed by atoms with E-state index in [1.165, 1.54) is 0 Å². The molecule has 0 aliphatic carbocycles. The van der Waals surface area contributed by atoms with Gasteiger partial charge >= 0.3 is 0 Å². The van der Waals surface area contributed by atoms with Crippen molar-refractivity contribution in [1.29, 1.82) is 0 Å². The van der Waals surface area contributed by atoms with Crippen molar-refractivity contribution in [3.63, 3.8) is 0 Å². The van der Waals surface area contributed by atoms with Gasteiger partial charge in [0, 0.05) is 37.9 Å². The van der Waals surface area contributed by atoms with E-state index in [2.05, 4.69) is 19.2 Å². The van der Waals surface area contributed by atoms with Crippen LogP contribution in [0.3, 0.4) is 0 Å². The first kappa shape index (κ1) is 17.0. The Bertz CT molecular complexity index is 608. The minimum absolute atomic E-state index is 0.0500. The smallest absolute Gasteiger partial charge is 0.229 e. The van der Waals surface area contributed by atoms with Crippen LogP contribution in [-0.2, 0) is 14.3 Å². The molecule has 0 spiro atoms. The fourth-order valence-corrected chi connectivity index (χ4v) is 3.61. The number of ether oxygens (including phenoxy) is 1. The average molecular weight is 330 g/mol. The number of hydrogen-bond acceptors (Lipinski definition) is 3. The van der Waals surface area contributed by atoms with E-state index >= 15 is 0 Å². The molecule has 2 heterocycles. The van der Waals surface area contributed by atoms with Crippen LogP contribution < -0.4 is 5.32 Å². The third kappa shape index (κ3) is 3.61. The lowest BCUT2D eigenvalue weighted by atomic mass is 10.0. The van der Waals surface area contributed by atoms with Crippen LogP contribution in [0.4, 0.5) is 5.69 Å². The SMILES string of the molecule is CC(C)c1ccccc1NC(=O)C1CC(=O)N(C2CCOCC2)C1. The van der Waals surface area contributed by atoms with Gasteiger partial charge in [0.1, 0.15) is 0 Å². The summed E-state index contributed by atoms with van der Waals surface area (Å²) in [6.07, 6.45) is 2.06. The predicted molar refractivity (Wildman–Crippen MR) is 92.8 cm³/mol. The lowest BCUT2D eigenvalue weighted by Crippen LogP contribution is -2.41. The summed E-state index contributed by atoms with van der Waals surface area (Å²) in [5.41, 5.74) is 1.98. The van der Waals surface area contributed by atoms with Crippen LogP contribution in [0.15, 0.2) is 24.3 Å². The van der Waals surface area contributed by atoms with Gasteiger partial charge in [0.15, 0.2) is 0 Å². The summed E-state index contributed by atoms with van der Waals surface area (Å²) in [5.74, 6) is 0.121. The number of carbonyl (C=O) groups is 2. The number of anilines is 1. The first-order valence-corrected chi connectivity index (χ1v) is 8.83. The molecule has 3 rings (SSSR count). The van der Waals surface area contributed by atoms with Crippen LogP contribution >= 0.6 is 0 Å². The van der Waals surface area contributed by atoms with Crippen LogP contribution in [0.5, 0.6) is 0 Å². The number of hydrogen-bond donors (Lipinski definition) is 1. The third-order valence-corrected chi connectivity index (χ3v) is 5.00. The summed E-state index contributed by atoms with van der Waals surface area (Å²) >= 11 is 0. The molecular weight excluding hydrogens is 304 g/mol. The number of carbonyl (C=O) groups excluding carboxylic acids is 2. The monoisotopic (exact) mass is 330 g/mol. The molecule has 1 N–H and O–H groups in total. The van der Waals surface area contributed by atoms with E-state index in [0.29, 0.717) is 32.1 Å². The van der Waals surface area contributed by atoms with Gasteiger partial charge < -0.3 is 15.0 Å². The number of rotatable bonds is 4. The molecule has 1 unspecified atom stereocenters. The molecule has 2 amide bonds. The molecule has 24 heavy (non-hydrogen) atoms. The molecule has 2 aliphatic rings. The molecular formula is C19H26N2O3. The Balaban J connectivity index is 1.65. The quantitative estimate of drug-likeness (QED) is 0.923. The van der Waals surface area contributed by atoms with E-state index < -0.39 is 0 Å². The van der Waals surface area contributed by atoms with Gasteiger partial charge in [0.2, 0.25) is 11.8 Å². The summed E-state index contributed by atoms with van der Waals surface area (Å²) < 4.78 is 5.37. The summed E-state index contributed by atoms with van der Waals surface area (Å²) in [7, 11) is 0. The summed E-state index contributed by atoms with van der Waals surface area (Å²) in [5, 5.41) is 3.04. The molecule has 5 heteroatoms. The van der Waals surface area contributed by atoms with Crippen molar-refractivity contribution in [1.82, 2.24) is 4.90 Å². The zero-order chi connectivity index (χ0) is 17.1. The Labute approximate surface area is 143 Å². The van der Waals surface area contributed by atoms with Crippen molar-refractivity contribution in [3.05, 3.63) is 29.8 Å². The van der Waals surface area contributed by atoms with Crippen LogP contribution in [-0.4, -0.2) is 42.5 Å². The maximum atomic E-state index is 12.6. The molecule has 130 valence electrons. The molecule has 0 saturated carbocycles. The molecule has 2 saturated heterocycles. The standard InChI is InChI=1S/C19H26N2O3/c1-13(2)16-5-3-4-6-17(16)20-19(23)14-11-18(22)21(12-14)15-7-9-24-10-8-15/h3-6,13-15H,7-12H2,1-2H3,(H,20,23). The summed E-state index contributed by atoms with van der Waals surface area (Å²) in [6.45, 7) is 6.15. The van der Waals surface area contributed by atoms with Crippen LogP contribution in [0.2, 0.25) is 0 Å². The molecule has 0 bridgehead atoms. The Morgan fingerprint density at radius 2 is 1.96 bits per heavy atom. The number of nitrogens with zero attached hydrogens (tertiary/aromatic N) is 1. The highest BCUT2D eigenvalue weighted by molar-refractivity contribution is 5.97. The Morgan fingerprint density at radius 3 is 2.67 bits per heavy atom. The van der Waals surface area contributed by atoms with Crippen LogP contribution in [0.1, 0.15) is 44.6 Å². The Kier molecular flexibility index (Phi) is 5.19. The average Bonchev–Trinajstić information content (AvgIpc) is 2.98. The largest absolute Gasteiger partial charge is 0.381 e. The molecule has 0 radical (unpaired) electrons. The zero-order valence-electron chi connectivity index (χ0n) is 14.5. The molecule has 1 atom stereocenters. The second kappa shape index (κ2) is 7.34. The van der Waals surface area contributed by atoms with E-state index in [0.717, 1.165) is 24.1 Å². The number of benzene rings is 1. The molecule has 2 aliphatic heterocycles. The van der Waals surface area contributed by atoms with Crippen molar-refractivity contribution in [2.24, 2.45) is 5.92 Å². The van der Waals surface area contributed by atoms with E-state index in [9.17, 15) is 9.59 Å². The molecule has 1 aromatic rings. The number of likely N-dealkylation sites (tertiary alicyclic amines) is 1. The summed E-state index contributed by atoms with van der Waals surface area (Å²) in [4.78, 5) is 26.9. The second-order valence-corrected chi connectivity index (χ2v) is 7.02. The van der Waals surface area contributed by atoms with Gasteiger partial charge in [-0.05, 0) is 30.4 Å². The van der Waals surface area contributed by atoms with Crippen molar-refractivity contribution < 1.29 is 14.3 Å². The van der Waals surface area contributed by atoms with E-state index in [4.69, 9.17) is 4.74 Å². The fraction of sp³-hybridized carbons (Fsp3) is 0.579. The third-order valence-electron chi connectivity index (χ3n) is 5.00. The molecule has 0 aromatic heterocycles. The van der Waals surface area contributed by atoms with Gasteiger partial charge in [-0.15, -0.1) is 0 Å².